The number of fused-ring (bicyclic) bond motifs is 1. The van der Waals surface area contributed by atoms with Crippen LogP contribution in [0.2, 0.25) is 0 Å². The number of aliphatic hydroxyl groups is 2. The molecular weight excluding hydrogens is 418 g/mol. The predicted octanol–water partition coefficient (Wildman–Crippen LogP) is 4.02. The third-order valence-electron chi connectivity index (χ3n) is 7.76. The summed E-state index contributed by atoms with van der Waals surface area (Å²) in [6, 6.07) is 6.42. The molecule has 176 valence electrons. The monoisotopic (exact) mass is 457 g/mol. The van der Waals surface area contributed by atoms with Crippen molar-refractivity contribution >= 4 is 11.3 Å². The highest BCUT2D eigenvalue weighted by molar-refractivity contribution is 7.10. The maximum Gasteiger partial charge on any atom is 0.0964 e. The molecule has 2 heterocycles. The zero-order valence-electron chi connectivity index (χ0n) is 20.0. The Morgan fingerprint density at radius 2 is 1.78 bits per heavy atom. The lowest BCUT2D eigenvalue weighted by molar-refractivity contribution is 0.0607. The first-order valence-corrected chi connectivity index (χ1v) is 12.9. The van der Waals surface area contributed by atoms with Crippen LogP contribution in [0.3, 0.4) is 0 Å². The van der Waals surface area contributed by atoms with Gasteiger partial charge in [0, 0.05) is 23.4 Å². The quantitative estimate of drug-likeness (QED) is 0.610. The van der Waals surface area contributed by atoms with Gasteiger partial charge in [-0.25, -0.2) is 4.98 Å². The van der Waals surface area contributed by atoms with Gasteiger partial charge in [-0.1, -0.05) is 39.8 Å². The topological polar surface area (TPSA) is 82.6 Å². The largest absolute Gasteiger partial charge is 0.395 e. The average molecular weight is 458 g/mol. The Kier molecular flexibility index (Phi) is 6.81. The van der Waals surface area contributed by atoms with Crippen LogP contribution in [-0.2, 0) is 10.8 Å². The Morgan fingerprint density at radius 1 is 1.12 bits per heavy atom. The number of nitrogens with two attached hydrogens (primary N) is 1. The summed E-state index contributed by atoms with van der Waals surface area (Å²) in [5.74, 6) is 0.474. The molecule has 1 fully saturated rings. The number of thiazole rings is 1. The number of nitrogens with zero attached hydrogens (tertiary/aromatic N) is 2. The Morgan fingerprint density at radius 3 is 2.44 bits per heavy atom. The van der Waals surface area contributed by atoms with Crippen molar-refractivity contribution in [3.63, 3.8) is 0 Å². The minimum absolute atomic E-state index is 0.184. The van der Waals surface area contributed by atoms with Crippen molar-refractivity contribution < 1.29 is 10.2 Å². The van der Waals surface area contributed by atoms with Gasteiger partial charge in [0.2, 0.25) is 0 Å². The van der Waals surface area contributed by atoms with E-state index in [9.17, 15) is 5.11 Å². The van der Waals surface area contributed by atoms with E-state index >= 15 is 0 Å². The summed E-state index contributed by atoms with van der Waals surface area (Å²) in [4.78, 5) is 7.31. The fourth-order valence-corrected chi connectivity index (χ4v) is 6.24. The molecule has 1 saturated heterocycles. The lowest BCUT2D eigenvalue weighted by atomic mass is 9.63. The number of hydrogen-bond acceptors (Lipinski definition) is 6. The van der Waals surface area contributed by atoms with Crippen LogP contribution in [0, 0.1) is 0 Å². The standard InChI is InChI=1S/C26H39N3O2S/c1-25(2)9-10-26(3,4)20-13-18(5-6-19(20)25)22-16-32-24(28-22)17-7-11-29(12-8-17)14-23(31)21(27)15-30/h5-6,13,16-17,21,23,30-31H,7-12,14-15,27H2,1-4H3. The van der Waals surface area contributed by atoms with Gasteiger partial charge >= 0.3 is 0 Å². The first-order valence-electron chi connectivity index (χ1n) is 12.0. The van der Waals surface area contributed by atoms with E-state index in [1.54, 1.807) is 11.3 Å². The summed E-state index contributed by atoms with van der Waals surface area (Å²) >= 11 is 1.78. The Labute approximate surface area is 196 Å². The molecule has 0 amide bonds. The summed E-state index contributed by atoms with van der Waals surface area (Å²) < 4.78 is 0. The number of piperidine rings is 1. The Balaban J connectivity index is 1.45. The highest BCUT2D eigenvalue weighted by Crippen LogP contribution is 2.47. The average Bonchev–Trinajstić information content (AvgIpc) is 3.27. The second kappa shape index (κ2) is 9.15. The van der Waals surface area contributed by atoms with Gasteiger partial charge in [-0.15, -0.1) is 11.3 Å². The summed E-state index contributed by atoms with van der Waals surface area (Å²) in [5, 5.41) is 22.7. The molecule has 2 atom stereocenters. The number of hydrogen-bond donors (Lipinski definition) is 3. The van der Waals surface area contributed by atoms with Crippen LogP contribution in [0.1, 0.15) is 75.4 Å². The first kappa shape index (κ1) is 23.8. The van der Waals surface area contributed by atoms with Crippen molar-refractivity contribution in [2.24, 2.45) is 5.73 Å². The molecule has 6 heteroatoms. The molecule has 1 aromatic heterocycles. The predicted molar refractivity (Wildman–Crippen MR) is 132 cm³/mol. The van der Waals surface area contributed by atoms with E-state index in [1.807, 2.05) is 0 Å². The fraction of sp³-hybridized carbons (Fsp3) is 0.654. The normalized spacial score (nSPS) is 23.0. The van der Waals surface area contributed by atoms with E-state index in [0.717, 1.165) is 31.6 Å². The van der Waals surface area contributed by atoms with Crippen molar-refractivity contribution in [2.75, 3.05) is 26.2 Å². The molecule has 4 N–H and O–H groups in total. The van der Waals surface area contributed by atoms with Crippen molar-refractivity contribution in [3.8, 4) is 11.3 Å². The van der Waals surface area contributed by atoms with E-state index in [4.69, 9.17) is 15.8 Å². The minimum atomic E-state index is -0.679. The van der Waals surface area contributed by atoms with Crippen LogP contribution < -0.4 is 5.73 Å². The van der Waals surface area contributed by atoms with Crippen LogP contribution in [0.25, 0.3) is 11.3 Å². The number of aromatic nitrogens is 1. The molecule has 2 aromatic rings. The second-order valence-electron chi connectivity index (χ2n) is 11.1. The maximum atomic E-state index is 10.1. The second-order valence-corrected chi connectivity index (χ2v) is 12.0. The fourth-order valence-electron chi connectivity index (χ4n) is 5.24. The van der Waals surface area contributed by atoms with Crippen molar-refractivity contribution in [1.82, 2.24) is 9.88 Å². The van der Waals surface area contributed by atoms with E-state index in [-0.39, 0.29) is 17.4 Å². The van der Waals surface area contributed by atoms with E-state index in [2.05, 4.69) is 56.2 Å². The van der Waals surface area contributed by atoms with Gasteiger partial charge in [0.25, 0.3) is 0 Å². The molecule has 1 aliphatic carbocycles. The van der Waals surface area contributed by atoms with Gasteiger partial charge in [-0.2, -0.15) is 0 Å². The molecule has 2 unspecified atom stereocenters. The van der Waals surface area contributed by atoms with Crippen LogP contribution in [-0.4, -0.2) is 58.5 Å². The molecular formula is C26H39N3O2S. The zero-order chi connectivity index (χ0) is 23.1. The molecule has 4 rings (SSSR count). The van der Waals surface area contributed by atoms with Crippen LogP contribution >= 0.6 is 11.3 Å². The first-order chi connectivity index (χ1) is 15.1. The molecule has 1 aliphatic heterocycles. The van der Waals surface area contributed by atoms with Crippen LogP contribution in [0.4, 0.5) is 0 Å². The zero-order valence-corrected chi connectivity index (χ0v) is 20.8. The van der Waals surface area contributed by atoms with E-state index < -0.39 is 12.1 Å². The third-order valence-corrected chi connectivity index (χ3v) is 8.76. The minimum Gasteiger partial charge on any atom is -0.395 e. The smallest absolute Gasteiger partial charge is 0.0964 e. The lowest BCUT2D eigenvalue weighted by Crippen LogP contribution is -2.47. The molecule has 0 saturated carbocycles. The van der Waals surface area contributed by atoms with Gasteiger partial charge < -0.3 is 20.8 Å². The van der Waals surface area contributed by atoms with Crippen molar-refractivity contribution in [1.29, 1.82) is 0 Å². The molecule has 1 aromatic carbocycles. The van der Waals surface area contributed by atoms with Gasteiger partial charge in [-0.3, -0.25) is 0 Å². The summed E-state index contributed by atoms with van der Waals surface area (Å²) in [5.41, 5.74) is 11.5. The molecule has 2 aliphatic rings. The van der Waals surface area contributed by atoms with Gasteiger partial charge in [-0.05, 0) is 66.8 Å². The van der Waals surface area contributed by atoms with Crippen molar-refractivity contribution in [2.45, 2.75) is 82.3 Å². The molecule has 0 spiro atoms. The van der Waals surface area contributed by atoms with E-state index in [1.165, 1.54) is 34.5 Å². The molecule has 0 bridgehead atoms. The maximum absolute atomic E-state index is 10.1. The molecule has 0 radical (unpaired) electrons. The highest BCUT2D eigenvalue weighted by atomic mass is 32.1. The SMILES string of the molecule is CC1(C)CCC(C)(C)c2cc(-c3csc(C4CCN(CC(O)C(N)CO)CC4)n3)ccc21. The van der Waals surface area contributed by atoms with E-state index in [0.29, 0.717) is 12.5 Å². The number of aliphatic hydroxyl groups excluding tert-OH is 2. The molecule has 5 nitrogen and oxygen atoms in total. The van der Waals surface area contributed by atoms with Gasteiger partial charge in [0.15, 0.2) is 0 Å². The van der Waals surface area contributed by atoms with Crippen LogP contribution in [0.5, 0.6) is 0 Å². The summed E-state index contributed by atoms with van der Waals surface area (Å²) in [6.45, 7) is 11.7. The van der Waals surface area contributed by atoms with Gasteiger partial charge in [0.1, 0.15) is 0 Å². The Bertz CT molecular complexity index is 931. The number of β-amino-alcohol motifs (C(OH)–C–C–N with tert-alkyl or cyclic N) is 1. The third kappa shape index (κ3) is 4.80. The lowest BCUT2D eigenvalue weighted by Gasteiger charge is -2.42. The molecule has 32 heavy (non-hydrogen) atoms. The summed E-state index contributed by atoms with van der Waals surface area (Å²) in [7, 11) is 0. The van der Waals surface area contributed by atoms with Crippen molar-refractivity contribution in [3.05, 3.63) is 39.7 Å². The van der Waals surface area contributed by atoms with Crippen LogP contribution in [0.15, 0.2) is 23.6 Å². The number of benzene rings is 1. The number of likely N-dealkylation sites (tertiary alicyclic amines) is 1. The number of rotatable bonds is 6. The summed E-state index contributed by atoms with van der Waals surface area (Å²) in [6.07, 6.45) is 3.85. The van der Waals surface area contributed by atoms with Gasteiger partial charge in [0.05, 0.1) is 29.5 Å². The Hall–Kier alpha value is -1.31. The highest BCUT2D eigenvalue weighted by Gasteiger charge is 2.37.